The minimum Gasteiger partial charge on any atom is -0.486 e. The zero-order chi connectivity index (χ0) is 19.3. The van der Waals surface area contributed by atoms with Gasteiger partial charge in [-0.2, -0.15) is 0 Å². The number of fused-ring (bicyclic) bond motifs is 2. The molecule has 0 saturated carbocycles. The Hall–Kier alpha value is -2.70. The van der Waals surface area contributed by atoms with Crippen molar-refractivity contribution in [1.82, 2.24) is 0 Å². The number of hydrogen-bond donors (Lipinski definition) is 1. The van der Waals surface area contributed by atoms with Crippen LogP contribution in [0.1, 0.15) is 17.0 Å². The molecule has 0 spiro atoms. The number of aliphatic hydroxyl groups excluding tert-OH is 1. The van der Waals surface area contributed by atoms with Gasteiger partial charge in [0.2, 0.25) is 0 Å². The number of esters is 1. The third-order valence-electron chi connectivity index (χ3n) is 5.28. The lowest BCUT2D eigenvalue weighted by molar-refractivity contribution is -0.136. The Balaban J connectivity index is 1.77. The van der Waals surface area contributed by atoms with Crippen molar-refractivity contribution in [3.63, 3.8) is 0 Å². The quantitative estimate of drug-likeness (QED) is 0.800. The molecule has 1 unspecified atom stereocenters. The van der Waals surface area contributed by atoms with Crippen LogP contribution in [-0.4, -0.2) is 44.0 Å². The molecule has 2 aromatic carbocycles. The van der Waals surface area contributed by atoms with E-state index in [2.05, 4.69) is 0 Å². The largest absolute Gasteiger partial charge is 0.486 e. The van der Waals surface area contributed by atoms with E-state index >= 15 is 0 Å². The summed E-state index contributed by atoms with van der Waals surface area (Å²) in [7, 11) is 0. The standard InChI is InChI=1S/C21H18ClNO5/c22-13-3-1-2-12(8-13)19-14-9-17-18(27-7-6-26-17)10-15(14)23(4-5-24)16-11-28-21(25)20(16)19/h1-3,8-10,19,24H,4-7,11H2. The molecule has 3 aliphatic rings. The van der Waals surface area contributed by atoms with Gasteiger partial charge in [-0.25, -0.2) is 4.79 Å². The Labute approximate surface area is 166 Å². The van der Waals surface area contributed by atoms with Crippen LogP contribution in [0.4, 0.5) is 5.69 Å². The number of halogens is 1. The molecule has 0 saturated heterocycles. The van der Waals surface area contributed by atoms with Gasteiger partial charge < -0.3 is 24.2 Å². The Kier molecular flexibility index (Phi) is 4.18. The minimum atomic E-state index is -0.344. The van der Waals surface area contributed by atoms with Crippen molar-refractivity contribution in [1.29, 1.82) is 0 Å². The van der Waals surface area contributed by atoms with Gasteiger partial charge in [-0.3, -0.25) is 0 Å². The summed E-state index contributed by atoms with van der Waals surface area (Å²) in [5, 5.41) is 10.2. The zero-order valence-electron chi connectivity index (χ0n) is 15.0. The summed E-state index contributed by atoms with van der Waals surface area (Å²) in [5.41, 5.74) is 4.03. The average Bonchev–Trinajstić information content (AvgIpc) is 3.08. The third-order valence-corrected chi connectivity index (χ3v) is 5.52. The van der Waals surface area contributed by atoms with Gasteiger partial charge in [0.25, 0.3) is 0 Å². The molecule has 0 aliphatic carbocycles. The highest BCUT2D eigenvalue weighted by Crippen LogP contribution is 2.50. The van der Waals surface area contributed by atoms with Crippen LogP contribution in [0.3, 0.4) is 0 Å². The number of hydrogen-bond acceptors (Lipinski definition) is 6. The van der Waals surface area contributed by atoms with Crippen LogP contribution in [0.15, 0.2) is 47.7 Å². The molecule has 5 rings (SSSR count). The lowest BCUT2D eigenvalue weighted by atomic mass is 9.80. The van der Waals surface area contributed by atoms with Crippen molar-refractivity contribution in [3.8, 4) is 11.5 Å². The number of cyclic esters (lactones) is 1. The Morgan fingerprint density at radius 3 is 2.64 bits per heavy atom. The van der Waals surface area contributed by atoms with E-state index in [4.69, 9.17) is 25.8 Å². The van der Waals surface area contributed by atoms with Crippen LogP contribution in [0, 0.1) is 0 Å². The topological polar surface area (TPSA) is 68.2 Å². The van der Waals surface area contributed by atoms with E-state index in [-0.39, 0.29) is 25.1 Å². The van der Waals surface area contributed by atoms with Crippen molar-refractivity contribution in [2.75, 3.05) is 37.9 Å². The second kappa shape index (κ2) is 6.72. The van der Waals surface area contributed by atoms with E-state index < -0.39 is 0 Å². The van der Waals surface area contributed by atoms with Gasteiger partial charge in [0.1, 0.15) is 19.8 Å². The highest BCUT2D eigenvalue weighted by atomic mass is 35.5. The monoisotopic (exact) mass is 399 g/mol. The number of aliphatic hydroxyl groups is 1. The van der Waals surface area contributed by atoms with Gasteiger partial charge in [0.15, 0.2) is 11.5 Å². The lowest BCUT2D eigenvalue weighted by Gasteiger charge is -2.36. The first-order valence-corrected chi connectivity index (χ1v) is 9.52. The Morgan fingerprint density at radius 1 is 1.11 bits per heavy atom. The highest BCUT2D eigenvalue weighted by molar-refractivity contribution is 6.30. The molecule has 1 N–H and O–H groups in total. The predicted octanol–water partition coefficient (Wildman–Crippen LogP) is 2.87. The van der Waals surface area contributed by atoms with Crippen molar-refractivity contribution in [3.05, 3.63) is 63.8 Å². The summed E-state index contributed by atoms with van der Waals surface area (Å²) in [5.74, 6) is 0.636. The number of carbonyl (C=O) groups excluding carboxylic acids is 1. The molecule has 3 aliphatic heterocycles. The molecule has 0 bridgehead atoms. The Bertz CT molecular complexity index is 1000. The van der Waals surface area contributed by atoms with E-state index in [1.165, 1.54) is 0 Å². The van der Waals surface area contributed by atoms with Crippen LogP contribution >= 0.6 is 11.6 Å². The van der Waals surface area contributed by atoms with Gasteiger partial charge in [-0.05, 0) is 29.3 Å². The molecular formula is C21H18ClNO5. The van der Waals surface area contributed by atoms with Crippen molar-refractivity contribution in [2.24, 2.45) is 0 Å². The van der Waals surface area contributed by atoms with Gasteiger partial charge in [0, 0.05) is 29.2 Å². The number of β-amino-alcohol motifs (C(OH)–C–C–N with tert-alkyl or cyclic N) is 1. The fraction of sp³-hybridized carbons (Fsp3) is 0.286. The summed E-state index contributed by atoms with van der Waals surface area (Å²) in [6.45, 7) is 1.44. The molecule has 6 nitrogen and oxygen atoms in total. The predicted molar refractivity (Wildman–Crippen MR) is 103 cm³/mol. The first-order valence-electron chi connectivity index (χ1n) is 9.15. The maximum atomic E-state index is 12.7. The number of carbonyl (C=O) groups is 1. The zero-order valence-corrected chi connectivity index (χ0v) is 15.7. The summed E-state index contributed by atoms with van der Waals surface area (Å²) in [6, 6.07) is 11.3. The van der Waals surface area contributed by atoms with Crippen LogP contribution in [0.25, 0.3) is 0 Å². The fourth-order valence-electron chi connectivity index (χ4n) is 4.16. The molecule has 1 atom stereocenters. The molecule has 28 heavy (non-hydrogen) atoms. The molecule has 0 amide bonds. The minimum absolute atomic E-state index is 0.0549. The molecule has 0 fully saturated rings. The first-order chi connectivity index (χ1) is 13.7. The summed E-state index contributed by atoms with van der Waals surface area (Å²) >= 11 is 6.24. The van der Waals surface area contributed by atoms with Gasteiger partial charge in [0.05, 0.1) is 17.9 Å². The number of nitrogens with zero attached hydrogens (tertiary/aromatic N) is 1. The molecule has 3 heterocycles. The van der Waals surface area contributed by atoms with E-state index in [1.54, 1.807) is 6.07 Å². The van der Waals surface area contributed by atoms with Crippen LogP contribution in [-0.2, 0) is 9.53 Å². The molecule has 7 heteroatoms. The average molecular weight is 400 g/mol. The smallest absolute Gasteiger partial charge is 0.337 e. The van der Waals surface area contributed by atoms with E-state index in [0.29, 0.717) is 41.9 Å². The highest BCUT2D eigenvalue weighted by Gasteiger charge is 2.42. The van der Waals surface area contributed by atoms with Gasteiger partial charge in [-0.1, -0.05) is 23.7 Å². The summed E-state index contributed by atoms with van der Waals surface area (Å²) in [4.78, 5) is 14.6. The maximum Gasteiger partial charge on any atom is 0.337 e. The molecule has 144 valence electrons. The van der Waals surface area contributed by atoms with Crippen molar-refractivity contribution in [2.45, 2.75) is 5.92 Å². The van der Waals surface area contributed by atoms with E-state index in [9.17, 15) is 9.90 Å². The first kappa shape index (κ1) is 17.4. The number of ether oxygens (including phenoxy) is 3. The fourth-order valence-corrected chi connectivity index (χ4v) is 4.36. The van der Waals surface area contributed by atoms with E-state index in [1.807, 2.05) is 35.2 Å². The second-order valence-corrected chi connectivity index (χ2v) is 7.29. The number of anilines is 1. The van der Waals surface area contributed by atoms with Crippen LogP contribution in [0.5, 0.6) is 11.5 Å². The maximum absolute atomic E-state index is 12.7. The second-order valence-electron chi connectivity index (χ2n) is 6.85. The molecule has 0 radical (unpaired) electrons. The van der Waals surface area contributed by atoms with Crippen molar-refractivity contribution < 1.29 is 24.1 Å². The normalized spacial score (nSPS) is 20.0. The summed E-state index contributed by atoms with van der Waals surface area (Å²) in [6.07, 6.45) is 0. The van der Waals surface area contributed by atoms with Crippen LogP contribution in [0.2, 0.25) is 5.02 Å². The third kappa shape index (κ3) is 2.64. The van der Waals surface area contributed by atoms with Crippen LogP contribution < -0.4 is 14.4 Å². The van der Waals surface area contributed by atoms with E-state index in [0.717, 1.165) is 22.5 Å². The summed E-state index contributed by atoms with van der Waals surface area (Å²) < 4.78 is 16.9. The Morgan fingerprint density at radius 2 is 1.89 bits per heavy atom. The lowest BCUT2D eigenvalue weighted by Crippen LogP contribution is -2.33. The molecule has 0 aromatic heterocycles. The van der Waals surface area contributed by atoms with Crippen molar-refractivity contribution >= 4 is 23.3 Å². The van der Waals surface area contributed by atoms with Gasteiger partial charge >= 0.3 is 5.97 Å². The number of rotatable bonds is 3. The molecular weight excluding hydrogens is 382 g/mol. The number of benzene rings is 2. The van der Waals surface area contributed by atoms with Gasteiger partial charge in [-0.15, -0.1) is 0 Å². The molecule has 2 aromatic rings. The SMILES string of the molecule is O=C1OCC2=C1C(c1cccc(Cl)c1)c1cc3c(cc1N2CCO)OCCO3.